The van der Waals surface area contributed by atoms with Gasteiger partial charge in [-0.15, -0.1) is 0 Å². The number of aromatic nitrogens is 3. The molecule has 2 fully saturated rings. The molecular formula is C33H38F2N8O2. The van der Waals surface area contributed by atoms with E-state index in [0.29, 0.717) is 39.1 Å². The van der Waals surface area contributed by atoms with Gasteiger partial charge in [0.2, 0.25) is 12.5 Å². The van der Waals surface area contributed by atoms with Crippen LogP contribution in [0.25, 0.3) is 15.6 Å². The van der Waals surface area contributed by atoms with Gasteiger partial charge in [0.05, 0.1) is 24.1 Å². The van der Waals surface area contributed by atoms with Crippen LogP contribution >= 0.6 is 0 Å². The second-order valence-electron chi connectivity index (χ2n) is 12.2. The number of carbonyl (C=O) groups excluding carboxylic acids is 1. The van der Waals surface area contributed by atoms with E-state index >= 15 is 0 Å². The predicted molar refractivity (Wildman–Crippen MR) is 169 cm³/mol. The molecule has 1 saturated heterocycles. The lowest BCUT2D eigenvalue weighted by Gasteiger charge is -2.41. The summed E-state index contributed by atoms with van der Waals surface area (Å²) in [6.07, 6.45) is 5.52. The van der Waals surface area contributed by atoms with E-state index in [-0.39, 0.29) is 50.0 Å². The van der Waals surface area contributed by atoms with E-state index in [9.17, 15) is 13.6 Å². The number of hydrogen-bond donors (Lipinski definition) is 0. The van der Waals surface area contributed by atoms with Crippen LogP contribution in [0.15, 0.2) is 43.2 Å². The normalized spacial score (nSPS) is 19.6. The van der Waals surface area contributed by atoms with Crippen LogP contribution in [0.1, 0.15) is 29.7 Å². The summed E-state index contributed by atoms with van der Waals surface area (Å²) >= 11 is 0. The molecule has 1 amide bonds. The number of carbonyl (C=O) groups is 1. The zero-order valence-corrected chi connectivity index (χ0v) is 25.8. The standard InChI is InChI=1S/C33H38F2N8O2/c1-5-29(44)43-12-11-42(20-25(43)18-36-3)31-26-9-10-41(28-19-37-17-23-8-6-7-22(2)30(23)28)21-27(26)38-32(39-31)45-14-13-40(4)24-15-33(34,35)16-24/h5-8,17,19,24-25H,1,9-16,18,20-21H2,2,4H3/t25-/m0/s1. The number of aryl methyl sites for hydroxylation is 1. The fourth-order valence-electron chi connectivity index (χ4n) is 6.68. The first-order valence-electron chi connectivity index (χ1n) is 15.4. The van der Waals surface area contributed by atoms with Crippen LogP contribution in [0.5, 0.6) is 6.01 Å². The molecule has 1 aromatic carbocycles. The minimum atomic E-state index is -2.58. The number of benzene rings is 1. The molecule has 0 radical (unpaired) electrons. The highest BCUT2D eigenvalue weighted by Gasteiger charge is 2.46. The van der Waals surface area contributed by atoms with Gasteiger partial charge in [0.25, 0.3) is 5.92 Å². The third-order valence-electron chi connectivity index (χ3n) is 9.24. The zero-order chi connectivity index (χ0) is 31.7. The topological polar surface area (TPSA) is 82.3 Å². The smallest absolute Gasteiger partial charge is 0.318 e. The number of ether oxygens (including phenoxy) is 1. The van der Waals surface area contributed by atoms with E-state index in [1.807, 2.05) is 30.4 Å². The molecule has 4 heterocycles. The number of amides is 1. The Kier molecular flexibility index (Phi) is 8.55. The molecule has 12 heteroatoms. The van der Waals surface area contributed by atoms with Crippen LogP contribution in [0.2, 0.25) is 0 Å². The van der Waals surface area contributed by atoms with Crippen molar-refractivity contribution >= 4 is 28.2 Å². The fraction of sp³-hybridized carbons (Fsp3) is 0.485. The molecule has 2 aromatic heterocycles. The maximum absolute atomic E-state index is 13.4. The van der Waals surface area contributed by atoms with Crippen molar-refractivity contribution in [2.24, 2.45) is 0 Å². The molecule has 0 spiro atoms. The number of anilines is 2. The van der Waals surface area contributed by atoms with Gasteiger partial charge < -0.3 is 24.3 Å². The van der Waals surface area contributed by atoms with Crippen molar-refractivity contribution in [3.05, 3.63) is 71.5 Å². The van der Waals surface area contributed by atoms with E-state index < -0.39 is 5.92 Å². The second-order valence-corrected chi connectivity index (χ2v) is 12.2. The summed E-state index contributed by atoms with van der Waals surface area (Å²) in [5.74, 6) is -2.00. The molecule has 2 aliphatic heterocycles. The van der Waals surface area contributed by atoms with Crippen LogP contribution < -0.4 is 14.5 Å². The number of fused-ring (bicyclic) bond motifs is 2. The van der Waals surface area contributed by atoms with Gasteiger partial charge in [0.15, 0.2) is 0 Å². The van der Waals surface area contributed by atoms with Crippen LogP contribution in [-0.4, -0.2) is 102 Å². The molecule has 6 rings (SSSR count). The van der Waals surface area contributed by atoms with E-state index in [4.69, 9.17) is 21.3 Å². The molecule has 236 valence electrons. The molecule has 10 nitrogen and oxygen atoms in total. The SMILES string of the molecule is [C-]#[N+]C[C@H]1CN(c2nc(OCCN(C)C3CC(F)(F)C3)nc3c2CCN(c2cncc4cccc(C)c24)C3)CCN1C(=O)C=C. The van der Waals surface area contributed by atoms with Crippen molar-refractivity contribution in [1.29, 1.82) is 0 Å². The van der Waals surface area contributed by atoms with Crippen molar-refractivity contribution in [3.8, 4) is 6.01 Å². The van der Waals surface area contributed by atoms with Gasteiger partial charge in [0, 0.05) is 74.1 Å². The lowest BCUT2D eigenvalue weighted by molar-refractivity contribution is -0.128. The highest BCUT2D eigenvalue weighted by molar-refractivity contribution is 5.96. The highest BCUT2D eigenvalue weighted by atomic mass is 19.3. The quantitative estimate of drug-likeness (QED) is 0.262. The molecule has 3 aliphatic rings. The van der Waals surface area contributed by atoms with E-state index in [0.717, 1.165) is 40.1 Å². The van der Waals surface area contributed by atoms with Crippen LogP contribution in [0.3, 0.4) is 0 Å². The minimum absolute atomic E-state index is 0.132. The average Bonchev–Trinajstić information content (AvgIpc) is 3.02. The van der Waals surface area contributed by atoms with Crippen molar-refractivity contribution in [2.45, 2.75) is 50.7 Å². The molecule has 0 bridgehead atoms. The maximum atomic E-state index is 13.4. The van der Waals surface area contributed by atoms with Gasteiger partial charge in [0.1, 0.15) is 18.5 Å². The number of pyridine rings is 1. The van der Waals surface area contributed by atoms with Gasteiger partial charge in [-0.1, -0.05) is 24.8 Å². The molecule has 3 aromatic rings. The molecule has 1 aliphatic carbocycles. The number of rotatable bonds is 9. The summed E-state index contributed by atoms with van der Waals surface area (Å²) in [6.45, 7) is 16.9. The number of alkyl halides is 2. The lowest BCUT2D eigenvalue weighted by Crippen LogP contribution is -2.56. The third kappa shape index (κ3) is 6.27. The Morgan fingerprint density at radius 3 is 2.80 bits per heavy atom. The Labute approximate surface area is 262 Å². The number of likely N-dealkylation sites (N-methyl/N-ethyl adjacent to an activating group) is 1. The van der Waals surface area contributed by atoms with Gasteiger partial charge in [-0.25, -0.2) is 15.4 Å². The maximum Gasteiger partial charge on any atom is 0.318 e. The number of halogens is 2. The summed E-state index contributed by atoms with van der Waals surface area (Å²) < 4.78 is 32.9. The van der Waals surface area contributed by atoms with Gasteiger partial charge in [-0.2, -0.15) is 9.97 Å². The molecular weight excluding hydrogens is 578 g/mol. The average molecular weight is 617 g/mol. The van der Waals surface area contributed by atoms with Crippen LogP contribution in [0.4, 0.5) is 20.3 Å². The predicted octanol–water partition coefficient (Wildman–Crippen LogP) is 4.13. The minimum Gasteiger partial charge on any atom is -0.462 e. The molecule has 1 saturated carbocycles. The summed E-state index contributed by atoms with van der Waals surface area (Å²) in [7, 11) is 1.84. The summed E-state index contributed by atoms with van der Waals surface area (Å²) in [5, 5.41) is 2.24. The summed E-state index contributed by atoms with van der Waals surface area (Å²) in [5.41, 5.74) is 4.10. The summed E-state index contributed by atoms with van der Waals surface area (Å²) in [6, 6.07) is 5.99. The highest BCUT2D eigenvalue weighted by Crippen LogP contribution is 2.40. The lowest BCUT2D eigenvalue weighted by atomic mass is 9.87. The summed E-state index contributed by atoms with van der Waals surface area (Å²) in [4.78, 5) is 38.4. The first-order valence-corrected chi connectivity index (χ1v) is 15.4. The Hall–Kier alpha value is -4.37. The van der Waals surface area contributed by atoms with Crippen molar-refractivity contribution < 1.29 is 18.3 Å². The molecule has 45 heavy (non-hydrogen) atoms. The Bertz CT molecular complexity index is 1630. The monoisotopic (exact) mass is 616 g/mol. The second kappa shape index (κ2) is 12.6. The van der Waals surface area contributed by atoms with Gasteiger partial charge in [-0.3, -0.25) is 14.7 Å². The van der Waals surface area contributed by atoms with Gasteiger partial charge >= 0.3 is 6.01 Å². The van der Waals surface area contributed by atoms with Gasteiger partial charge in [-0.05, 0) is 32.0 Å². The van der Waals surface area contributed by atoms with E-state index in [1.54, 1.807) is 4.90 Å². The third-order valence-corrected chi connectivity index (χ3v) is 9.24. The largest absolute Gasteiger partial charge is 0.462 e. The molecule has 0 N–H and O–H groups in total. The first kappa shape index (κ1) is 30.6. The van der Waals surface area contributed by atoms with E-state index in [2.05, 4.69) is 45.3 Å². The first-order chi connectivity index (χ1) is 21.7. The Morgan fingerprint density at radius 1 is 1.22 bits per heavy atom. The van der Waals surface area contributed by atoms with Crippen LogP contribution in [-0.2, 0) is 17.8 Å². The Morgan fingerprint density at radius 2 is 2.04 bits per heavy atom. The fourth-order valence-corrected chi connectivity index (χ4v) is 6.68. The van der Waals surface area contributed by atoms with E-state index in [1.165, 1.54) is 11.6 Å². The van der Waals surface area contributed by atoms with Crippen molar-refractivity contribution in [2.75, 3.05) is 62.7 Å². The Balaban J connectivity index is 1.28. The molecule has 0 unspecified atom stereocenters. The number of nitrogens with zero attached hydrogens (tertiary/aromatic N) is 8. The zero-order valence-electron chi connectivity index (χ0n) is 25.8. The number of hydrogen-bond acceptors (Lipinski definition) is 8. The van der Waals surface area contributed by atoms with Crippen LogP contribution in [0, 0.1) is 13.5 Å². The molecule has 1 atom stereocenters. The van der Waals surface area contributed by atoms with Crippen molar-refractivity contribution in [3.63, 3.8) is 0 Å². The van der Waals surface area contributed by atoms with Crippen molar-refractivity contribution in [1.82, 2.24) is 24.8 Å². The number of piperazine rings is 1.